The van der Waals surface area contributed by atoms with E-state index in [0.29, 0.717) is 19.0 Å². The fraction of sp³-hybridized carbons (Fsp3) is 0.400. The molecule has 3 nitrogen and oxygen atoms in total. The van der Waals surface area contributed by atoms with Crippen LogP contribution in [0.5, 0.6) is 0 Å². The maximum Gasteiger partial charge on any atom is 0.0821 e. The fourth-order valence-electron chi connectivity index (χ4n) is 3.50. The van der Waals surface area contributed by atoms with E-state index in [1.54, 1.807) is 0 Å². The average molecular weight is 310 g/mol. The second-order valence-corrected chi connectivity index (χ2v) is 6.48. The molecule has 3 rings (SSSR count). The van der Waals surface area contributed by atoms with Gasteiger partial charge in [0.1, 0.15) is 0 Å². The van der Waals surface area contributed by atoms with Gasteiger partial charge in [0.2, 0.25) is 0 Å². The summed E-state index contributed by atoms with van der Waals surface area (Å²) in [6.45, 7) is 1.68. The third-order valence-corrected chi connectivity index (χ3v) is 4.78. The number of aliphatic hydroxyl groups excluding tert-OH is 1. The lowest BCUT2D eigenvalue weighted by Gasteiger charge is -2.29. The number of likely N-dealkylation sites (tertiary alicyclic amines) is 1. The summed E-state index contributed by atoms with van der Waals surface area (Å²) in [5.74, 6) is 0. The molecule has 0 saturated carbocycles. The van der Waals surface area contributed by atoms with Crippen molar-refractivity contribution < 1.29 is 5.11 Å². The Hall–Kier alpha value is -1.68. The van der Waals surface area contributed by atoms with Crippen molar-refractivity contribution in [3.8, 4) is 0 Å². The van der Waals surface area contributed by atoms with Crippen molar-refractivity contribution in [1.82, 2.24) is 4.90 Å². The Labute approximate surface area is 138 Å². The molecule has 23 heavy (non-hydrogen) atoms. The highest BCUT2D eigenvalue weighted by molar-refractivity contribution is 5.20. The van der Waals surface area contributed by atoms with E-state index in [1.807, 2.05) is 24.3 Å². The van der Waals surface area contributed by atoms with Gasteiger partial charge in [-0.3, -0.25) is 4.90 Å². The molecule has 0 aliphatic carbocycles. The average Bonchev–Trinajstić information content (AvgIpc) is 3.04. The summed E-state index contributed by atoms with van der Waals surface area (Å²) in [6.07, 6.45) is 2.55. The van der Waals surface area contributed by atoms with E-state index in [0.717, 1.165) is 13.0 Å². The van der Waals surface area contributed by atoms with Crippen LogP contribution >= 0.6 is 0 Å². The highest BCUT2D eigenvalue weighted by Crippen LogP contribution is 2.31. The number of aliphatic hydroxyl groups is 1. The van der Waals surface area contributed by atoms with Gasteiger partial charge in [0.05, 0.1) is 6.10 Å². The third kappa shape index (κ3) is 4.20. The normalized spacial score (nSPS) is 21.2. The number of hydrogen-bond acceptors (Lipinski definition) is 3. The van der Waals surface area contributed by atoms with Gasteiger partial charge in [0.15, 0.2) is 0 Å². The number of β-amino-alcohol motifs (C(OH)–C–C–N with tert-alkyl or cyclic N) is 1. The van der Waals surface area contributed by atoms with E-state index in [1.165, 1.54) is 17.5 Å². The maximum absolute atomic E-state index is 10.5. The standard InChI is InChI=1S/C20H26N2O/c21-18(14-16-8-3-1-4-9-16)20(23)15-22-13-7-12-19(22)17-10-5-2-6-11-17/h1-6,8-11,18-20,23H,7,12-15,21H2/t18-,19?,20+/m1/s1. The van der Waals surface area contributed by atoms with Crippen LogP contribution < -0.4 is 5.73 Å². The molecular formula is C20H26N2O. The molecule has 3 N–H and O–H groups in total. The molecule has 0 bridgehead atoms. The van der Waals surface area contributed by atoms with Crippen LogP contribution in [-0.4, -0.2) is 35.2 Å². The Morgan fingerprint density at radius 2 is 1.70 bits per heavy atom. The molecule has 2 aromatic rings. The minimum Gasteiger partial charge on any atom is -0.390 e. The van der Waals surface area contributed by atoms with Gasteiger partial charge in [0, 0.05) is 18.6 Å². The first-order valence-corrected chi connectivity index (χ1v) is 8.50. The molecule has 1 saturated heterocycles. The topological polar surface area (TPSA) is 49.5 Å². The predicted octanol–water partition coefficient (Wildman–Crippen LogP) is 2.75. The summed E-state index contributed by atoms with van der Waals surface area (Å²) >= 11 is 0. The fourth-order valence-corrected chi connectivity index (χ4v) is 3.50. The molecule has 2 aromatic carbocycles. The van der Waals surface area contributed by atoms with Gasteiger partial charge in [-0.2, -0.15) is 0 Å². The van der Waals surface area contributed by atoms with E-state index in [-0.39, 0.29) is 6.04 Å². The molecule has 1 unspecified atom stereocenters. The van der Waals surface area contributed by atoms with Crippen LogP contribution in [0.15, 0.2) is 60.7 Å². The zero-order chi connectivity index (χ0) is 16.1. The molecule has 0 amide bonds. The van der Waals surface area contributed by atoms with E-state index in [4.69, 9.17) is 5.73 Å². The molecular weight excluding hydrogens is 284 g/mol. The van der Waals surface area contributed by atoms with Gasteiger partial charge < -0.3 is 10.8 Å². The smallest absolute Gasteiger partial charge is 0.0821 e. The Kier molecular flexibility index (Phi) is 5.44. The molecule has 3 heteroatoms. The second-order valence-electron chi connectivity index (χ2n) is 6.48. The van der Waals surface area contributed by atoms with Crippen molar-refractivity contribution in [2.45, 2.75) is 37.5 Å². The Bertz CT molecular complexity index is 587. The molecule has 1 fully saturated rings. The number of nitrogens with two attached hydrogens (primary N) is 1. The van der Waals surface area contributed by atoms with Crippen molar-refractivity contribution in [2.24, 2.45) is 5.73 Å². The largest absolute Gasteiger partial charge is 0.390 e. The first-order valence-electron chi connectivity index (χ1n) is 8.50. The van der Waals surface area contributed by atoms with Crippen molar-refractivity contribution in [1.29, 1.82) is 0 Å². The summed E-state index contributed by atoms with van der Waals surface area (Å²) < 4.78 is 0. The van der Waals surface area contributed by atoms with E-state index in [2.05, 4.69) is 41.3 Å². The Morgan fingerprint density at radius 1 is 1.04 bits per heavy atom. The number of benzene rings is 2. The number of nitrogens with zero attached hydrogens (tertiary/aromatic N) is 1. The summed E-state index contributed by atoms with van der Waals surface area (Å²) in [5, 5.41) is 10.5. The number of hydrogen-bond donors (Lipinski definition) is 2. The Balaban J connectivity index is 1.59. The van der Waals surface area contributed by atoms with Crippen molar-refractivity contribution in [3.63, 3.8) is 0 Å². The van der Waals surface area contributed by atoms with Crippen LogP contribution in [0.1, 0.15) is 30.0 Å². The molecule has 0 spiro atoms. The highest BCUT2D eigenvalue weighted by Gasteiger charge is 2.29. The van der Waals surface area contributed by atoms with Crippen LogP contribution in [0.25, 0.3) is 0 Å². The summed E-state index contributed by atoms with van der Waals surface area (Å²) in [4.78, 5) is 2.38. The SMILES string of the molecule is N[C@H](Cc1ccccc1)[C@@H](O)CN1CCCC1c1ccccc1. The zero-order valence-corrected chi connectivity index (χ0v) is 13.5. The summed E-state index contributed by atoms with van der Waals surface area (Å²) in [7, 11) is 0. The minimum atomic E-state index is -0.500. The summed E-state index contributed by atoms with van der Waals surface area (Å²) in [6, 6.07) is 20.9. The maximum atomic E-state index is 10.5. The molecule has 1 aliphatic heterocycles. The first-order chi connectivity index (χ1) is 11.2. The zero-order valence-electron chi connectivity index (χ0n) is 13.5. The molecule has 1 heterocycles. The lowest BCUT2D eigenvalue weighted by Crippen LogP contribution is -2.44. The first kappa shape index (κ1) is 16.2. The predicted molar refractivity (Wildman–Crippen MR) is 94.1 cm³/mol. The van der Waals surface area contributed by atoms with Gasteiger partial charge in [-0.15, -0.1) is 0 Å². The lowest BCUT2D eigenvalue weighted by molar-refractivity contribution is 0.0851. The molecule has 0 radical (unpaired) electrons. The third-order valence-electron chi connectivity index (χ3n) is 4.78. The molecule has 1 aliphatic rings. The van der Waals surface area contributed by atoms with Crippen LogP contribution in [0.3, 0.4) is 0 Å². The monoisotopic (exact) mass is 310 g/mol. The Morgan fingerprint density at radius 3 is 2.39 bits per heavy atom. The summed E-state index contributed by atoms with van der Waals surface area (Å²) in [5.41, 5.74) is 8.76. The highest BCUT2D eigenvalue weighted by atomic mass is 16.3. The van der Waals surface area contributed by atoms with Crippen molar-refractivity contribution >= 4 is 0 Å². The van der Waals surface area contributed by atoms with Gasteiger partial charge in [0.25, 0.3) is 0 Å². The molecule has 3 atom stereocenters. The van der Waals surface area contributed by atoms with Crippen LogP contribution in [0, 0.1) is 0 Å². The van der Waals surface area contributed by atoms with Crippen LogP contribution in [-0.2, 0) is 6.42 Å². The van der Waals surface area contributed by atoms with E-state index >= 15 is 0 Å². The van der Waals surface area contributed by atoms with Gasteiger partial charge >= 0.3 is 0 Å². The van der Waals surface area contributed by atoms with E-state index < -0.39 is 6.10 Å². The van der Waals surface area contributed by atoms with Crippen molar-refractivity contribution in [2.75, 3.05) is 13.1 Å². The quantitative estimate of drug-likeness (QED) is 0.862. The lowest BCUT2D eigenvalue weighted by atomic mass is 10.0. The van der Waals surface area contributed by atoms with Gasteiger partial charge in [-0.05, 0) is 36.9 Å². The van der Waals surface area contributed by atoms with Gasteiger partial charge in [-0.25, -0.2) is 0 Å². The molecule has 122 valence electrons. The number of rotatable bonds is 6. The van der Waals surface area contributed by atoms with E-state index in [9.17, 15) is 5.11 Å². The van der Waals surface area contributed by atoms with Crippen LogP contribution in [0.2, 0.25) is 0 Å². The molecule has 0 aromatic heterocycles. The minimum absolute atomic E-state index is 0.227. The second kappa shape index (κ2) is 7.73. The van der Waals surface area contributed by atoms with Crippen LogP contribution in [0.4, 0.5) is 0 Å². The van der Waals surface area contributed by atoms with Crippen molar-refractivity contribution in [3.05, 3.63) is 71.8 Å². The van der Waals surface area contributed by atoms with Gasteiger partial charge in [-0.1, -0.05) is 60.7 Å².